The van der Waals surface area contributed by atoms with Crippen LogP contribution < -0.4 is 0 Å². The van der Waals surface area contributed by atoms with Gasteiger partial charge in [0.2, 0.25) is 5.88 Å². The molecule has 0 spiro atoms. The minimum Gasteiger partial charge on any atom is -0.492 e. The van der Waals surface area contributed by atoms with Crippen LogP contribution in [-0.2, 0) is 4.74 Å². The molecule has 8 nitrogen and oxygen atoms in total. The number of aromatic hydroxyl groups is 1. The molecule has 8 heteroatoms. The molecule has 3 rings (SSSR count). The van der Waals surface area contributed by atoms with Gasteiger partial charge in [0.05, 0.1) is 18.9 Å². The predicted molar refractivity (Wildman–Crippen MR) is 75.5 cm³/mol. The molecule has 0 aromatic carbocycles. The van der Waals surface area contributed by atoms with Crippen LogP contribution in [0.1, 0.15) is 6.23 Å². The molecule has 0 aliphatic carbocycles. The highest BCUT2D eigenvalue weighted by Gasteiger charge is 2.53. The third-order valence-corrected chi connectivity index (χ3v) is 3.87. The average molecular weight is 302 g/mol. The monoisotopic (exact) mass is 302 g/mol. The molecule has 1 fully saturated rings. The summed E-state index contributed by atoms with van der Waals surface area (Å²) in [6.07, 6.45) is 7.59. The van der Waals surface area contributed by atoms with Crippen molar-refractivity contribution >= 4 is 11.2 Å². The van der Waals surface area contributed by atoms with Crippen molar-refractivity contribution in [2.75, 3.05) is 6.61 Å². The van der Waals surface area contributed by atoms with E-state index in [4.69, 9.17) is 11.2 Å². The lowest BCUT2D eigenvalue weighted by molar-refractivity contribution is -0.0895. The van der Waals surface area contributed by atoms with Gasteiger partial charge in [-0.1, -0.05) is 12.0 Å². The molecular weight excluding hydrogens is 288 g/mol. The van der Waals surface area contributed by atoms with Gasteiger partial charge in [0, 0.05) is 0 Å². The highest BCUT2D eigenvalue weighted by atomic mass is 16.6. The van der Waals surface area contributed by atoms with E-state index >= 15 is 0 Å². The Balaban J connectivity index is 2.12. The highest BCUT2D eigenvalue weighted by Crippen LogP contribution is 2.42. The molecule has 1 saturated heterocycles. The van der Waals surface area contributed by atoms with E-state index in [-0.39, 0.29) is 11.4 Å². The Bertz CT molecular complexity index is 768. The Morgan fingerprint density at radius 2 is 2.27 bits per heavy atom. The van der Waals surface area contributed by atoms with Gasteiger partial charge in [0.15, 0.2) is 16.8 Å². The molecule has 3 heterocycles. The lowest BCUT2D eigenvalue weighted by Crippen LogP contribution is -2.43. The summed E-state index contributed by atoms with van der Waals surface area (Å²) in [6.45, 7) is 3.14. The molecule has 0 amide bonds. The van der Waals surface area contributed by atoms with Crippen LogP contribution in [0, 0.1) is 18.3 Å². The Kier molecular flexibility index (Phi) is 3.33. The standard InChI is InChI=1S/C14H14N4O4/c1-3-8-10(20)14(4-2,5-19)22-13(8)18-7-17-9-11(18)15-6-16-12(9)21/h2-3,6-8,10,13,19-20H,1,5H2,(H,15,16,21)/t8-,10+,13-,14-/m1/s1. The molecule has 2 aromatic rings. The summed E-state index contributed by atoms with van der Waals surface area (Å²) in [5.41, 5.74) is -1.01. The smallest absolute Gasteiger partial charge is 0.242 e. The van der Waals surface area contributed by atoms with E-state index in [1.807, 2.05) is 0 Å². The van der Waals surface area contributed by atoms with Crippen molar-refractivity contribution < 1.29 is 20.1 Å². The number of rotatable bonds is 3. The van der Waals surface area contributed by atoms with Crippen LogP contribution in [0.3, 0.4) is 0 Å². The number of hydrogen-bond donors (Lipinski definition) is 3. The molecular formula is C14H14N4O4. The van der Waals surface area contributed by atoms with Gasteiger partial charge in [-0.2, -0.15) is 4.98 Å². The van der Waals surface area contributed by atoms with E-state index < -0.39 is 30.5 Å². The summed E-state index contributed by atoms with van der Waals surface area (Å²) in [5.74, 6) is 1.46. The third-order valence-electron chi connectivity index (χ3n) is 3.87. The number of imidazole rings is 1. The zero-order valence-corrected chi connectivity index (χ0v) is 11.5. The van der Waals surface area contributed by atoms with Crippen molar-refractivity contribution in [3.8, 4) is 18.2 Å². The Morgan fingerprint density at radius 3 is 2.91 bits per heavy atom. The molecule has 2 aromatic heterocycles. The molecule has 0 radical (unpaired) electrons. The predicted octanol–water partition coefficient (Wildman–Crippen LogP) is -0.412. The number of ether oxygens (including phenoxy) is 1. The van der Waals surface area contributed by atoms with Crippen molar-refractivity contribution in [3.05, 3.63) is 25.3 Å². The molecule has 0 saturated carbocycles. The first-order chi connectivity index (χ1) is 10.6. The Labute approximate surface area is 125 Å². The fourth-order valence-corrected chi connectivity index (χ4v) is 2.64. The number of hydrogen-bond acceptors (Lipinski definition) is 7. The fourth-order valence-electron chi connectivity index (χ4n) is 2.64. The summed E-state index contributed by atoms with van der Waals surface area (Å²) < 4.78 is 7.24. The van der Waals surface area contributed by atoms with Gasteiger partial charge in [-0.3, -0.25) is 4.57 Å². The largest absolute Gasteiger partial charge is 0.492 e. The first-order valence-corrected chi connectivity index (χ1v) is 6.51. The first kappa shape index (κ1) is 14.5. The van der Waals surface area contributed by atoms with Crippen LogP contribution in [0.15, 0.2) is 25.3 Å². The maximum absolute atomic E-state index is 10.4. The maximum Gasteiger partial charge on any atom is 0.242 e. The molecule has 1 aliphatic rings. The van der Waals surface area contributed by atoms with Crippen molar-refractivity contribution in [3.63, 3.8) is 0 Å². The third kappa shape index (κ3) is 1.80. The summed E-state index contributed by atoms with van der Waals surface area (Å²) >= 11 is 0. The van der Waals surface area contributed by atoms with Crippen LogP contribution in [0.5, 0.6) is 5.88 Å². The maximum atomic E-state index is 10.4. The van der Waals surface area contributed by atoms with E-state index in [0.717, 1.165) is 0 Å². The SMILES string of the molecule is C#C[C@]1(CO)O[C@@H](n2cnc3c(O)ncnc32)[C@H](C=C)[C@@H]1O. The molecule has 0 bridgehead atoms. The molecule has 4 atom stereocenters. The summed E-state index contributed by atoms with van der Waals surface area (Å²) in [4.78, 5) is 11.7. The average Bonchev–Trinajstić information content (AvgIpc) is 3.07. The van der Waals surface area contributed by atoms with Gasteiger partial charge in [-0.25, -0.2) is 9.97 Å². The highest BCUT2D eigenvalue weighted by molar-refractivity contribution is 5.75. The van der Waals surface area contributed by atoms with Crippen LogP contribution in [0.25, 0.3) is 11.2 Å². The normalized spacial score (nSPS) is 31.2. The van der Waals surface area contributed by atoms with E-state index in [9.17, 15) is 15.3 Å². The van der Waals surface area contributed by atoms with Gasteiger partial charge < -0.3 is 20.1 Å². The second-order valence-electron chi connectivity index (χ2n) is 4.98. The summed E-state index contributed by atoms with van der Waals surface area (Å²) in [7, 11) is 0. The lowest BCUT2D eigenvalue weighted by Gasteiger charge is -2.23. The Morgan fingerprint density at radius 1 is 1.50 bits per heavy atom. The van der Waals surface area contributed by atoms with Gasteiger partial charge in [0.1, 0.15) is 18.7 Å². The van der Waals surface area contributed by atoms with E-state index in [1.165, 1.54) is 23.3 Å². The van der Waals surface area contributed by atoms with Crippen LogP contribution >= 0.6 is 0 Å². The van der Waals surface area contributed by atoms with Crippen molar-refractivity contribution in [2.24, 2.45) is 5.92 Å². The van der Waals surface area contributed by atoms with Crippen molar-refractivity contribution in [1.82, 2.24) is 19.5 Å². The van der Waals surface area contributed by atoms with Crippen molar-refractivity contribution in [1.29, 1.82) is 0 Å². The fraction of sp³-hybridized carbons (Fsp3) is 0.357. The van der Waals surface area contributed by atoms with Crippen molar-refractivity contribution in [2.45, 2.75) is 17.9 Å². The number of nitrogens with zero attached hydrogens (tertiary/aromatic N) is 4. The molecule has 114 valence electrons. The van der Waals surface area contributed by atoms with Gasteiger partial charge in [-0.15, -0.1) is 13.0 Å². The number of fused-ring (bicyclic) bond motifs is 1. The second kappa shape index (κ2) is 5.06. The second-order valence-corrected chi connectivity index (χ2v) is 4.98. The van der Waals surface area contributed by atoms with Crippen LogP contribution in [-0.4, -0.2) is 53.2 Å². The molecule has 1 aliphatic heterocycles. The van der Waals surface area contributed by atoms with Gasteiger partial charge in [0.25, 0.3) is 0 Å². The molecule has 22 heavy (non-hydrogen) atoms. The first-order valence-electron chi connectivity index (χ1n) is 6.51. The topological polar surface area (TPSA) is 114 Å². The summed E-state index contributed by atoms with van der Waals surface area (Å²) in [5, 5.41) is 29.6. The number of aliphatic hydroxyl groups excluding tert-OH is 2. The zero-order chi connectivity index (χ0) is 15.9. The minimum absolute atomic E-state index is 0.200. The quantitative estimate of drug-likeness (QED) is 0.521. The van der Waals surface area contributed by atoms with E-state index in [0.29, 0.717) is 5.65 Å². The zero-order valence-electron chi connectivity index (χ0n) is 11.5. The lowest BCUT2D eigenvalue weighted by atomic mass is 9.91. The van der Waals surface area contributed by atoms with E-state index in [2.05, 4.69) is 27.5 Å². The Hall–Kier alpha value is -2.47. The van der Waals surface area contributed by atoms with Gasteiger partial charge >= 0.3 is 0 Å². The number of aliphatic hydroxyl groups is 2. The minimum atomic E-state index is -1.53. The summed E-state index contributed by atoms with van der Waals surface area (Å²) in [6, 6.07) is 0. The van der Waals surface area contributed by atoms with Crippen LogP contribution in [0.4, 0.5) is 0 Å². The van der Waals surface area contributed by atoms with E-state index in [1.54, 1.807) is 0 Å². The molecule has 3 N–H and O–H groups in total. The number of terminal acetylenes is 1. The van der Waals surface area contributed by atoms with Crippen LogP contribution in [0.2, 0.25) is 0 Å². The van der Waals surface area contributed by atoms with Gasteiger partial charge in [-0.05, 0) is 0 Å². The number of aromatic nitrogens is 4. The molecule has 0 unspecified atom stereocenters.